The number of nitrogens with zero attached hydrogens (tertiary/aromatic N) is 2. The fourth-order valence-electron chi connectivity index (χ4n) is 1.34. The Balaban J connectivity index is 2.29. The summed E-state index contributed by atoms with van der Waals surface area (Å²) in [5.41, 5.74) is 0.622. The van der Waals surface area contributed by atoms with Crippen molar-refractivity contribution in [3.05, 3.63) is 46.5 Å². The quantitative estimate of drug-likeness (QED) is 0.375. The molecule has 6 nitrogen and oxygen atoms in total. The van der Waals surface area contributed by atoms with E-state index in [0.29, 0.717) is 11.3 Å². The number of carbonyl (C=O) groups excluding carboxylic acids is 1. The Labute approximate surface area is 110 Å². The third-order valence-electron chi connectivity index (χ3n) is 2.23. The minimum absolute atomic E-state index is 0.00461. The van der Waals surface area contributed by atoms with E-state index >= 15 is 0 Å². The maximum absolute atomic E-state index is 11.3. The number of oxazole rings is 1. The Morgan fingerprint density at radius 2 is 2.06 bits per heavy atom. The smallest absolute Gasteiger partial charge is 0.269 e. The van der Waals surface area contributed by atoms with Gasteiger partial charge in [0.15, 0.2) is 5.76 Å². The zero-order valence-electron chi connectivity index (χ0n) is 9.00. The Hall–Kier alpha value is -2.02. The number of Topliss-reactive ketones (excluding diaryl/α,β-unsaturated/α-hetero) is 1. The van der Waals surface area contributed by atoms with Gasteiger partial charge in [-0.1, -0.05) is 15.9 Å². The van der Waals surface area contributed by atoms with E-state index in [0.717, 1.165) is 0 Å². The van der Waals surface area contributed by atoms with Crippen molar-refractivity contribution in [1.29, 1.82) is 0 Å². The number of nitro groups is 1. The van der Waals surface area contributed by atoms with Gasteiger partial charge in [0.05, 0.1) is 16.5 Å². The first kappa shape index (κ1) is 12.4. The van der Waals surface area contributed by atoms with Crippen molar-refractivity contribution >= 4 is 27.4 Å². The van der Waals surface area contributed by atoms with E-state index in [2.05, 4.69) is 20.9 Å². The molecule has 0 aliphatic heterocycles. The third kappa shape index (κ3) is 2.45. The second-order valence-electron chi connectivity index (χ2n) is 3.39. The maximum atomic E-state index is 11.3. The number of non-ortho nitro benzene ring substituents is 1. The first-order valence-electron chi connectivity index (χ1n) is 4.91. The number of hydrogen-bond donors (Lipinski definition) is 0. The third-order valence-corrected chi connectivity index (χ3v) is 2.74. The predicted octanol–water partition coefficient (Wildman–Crippen LogP) is 2.83. The summed E-state index contributed by atoms with van der Waals surface area (Å²) >= 11 is 3.02. The number of alkyl halides is 1. The van der Waals surface area contributed by atoms with Gasteiger partial charge in [-0.3, -0.25) is 14.9 Å². The van der Waals surface area contributed by atoms with Crippen LogP contribution < -0.4 is 0 Å². The lowest BCUT2D eigenvalue weighted by atomic mass is 10.2. The topological polar surface area (TPSA) is 86.2 Å². The van der Waals surface area contributed by atoms with Gasteiger partial charge < -0.3 is 4.42 Å². The first-order chi connectivity index (χ1) is 8.61. The molecule has 92 valence electrons. The number of halogens is 1. The second-order valence-corrected chi connectivity index (χ2v) is 3.95. The SMILES string of the molecule is O=C(CBr)c1ncc(-c2ccc([N+](=O)[O-])cc2)o1. The van der Waals surface area contributed by atoms with Crippen molar-refractivity contribution in [1.82, 2.24) is 4.98 Å². The average molecular weight is 311 g/mol. The van der Waals surface area contributed by atoms with Crippen molar-refractivity contribution in [3.8, 4) is 11.3 Å². The van der Waals surface area contributed by atoms with Crippen molar-refractivity contribution < 1.29 is 14.1 Å². The standard InChI is InChI=1S/C11H7BrN2O4/c12-5-9(15)11-13-6-10(18-11)7-1-3-8(4-2-7)14(16)17/h1-4,6H,5H2. The molecule has 0 saturated heterocycles. The van der Waals surface area contributed by atoms with Gasteiger partial charge >= 0.3 is 0 Å². The van der Waals surface area contributed by atoms with Gasteiger partial charge in [-0.2, -0.15) is 0 Å². The van der Waals surface area contributed by atoms with E-state index in [1.165, 1.54) is 18.3 Å². The largest absolute Gasteiger partial charge is 0.434 e. The van der Waals surface area contributed by atoms with Crippen molar-refractivity contribution in [2.75, 3.05) is 5.33 Å². The van der Waals surface area contributed by atoms with E-state index in [-0.39, 0.29) is 22.7 Å². The number of nitro benzene ring substituents is 1. The first-order valence-corrected chi connectivity index (χ1v) is 6.04. The highest BCUT2D eigenvalue weighted by Gasteiger charge is 2.13. The summed E-state index contributed by atoms with van der Waals surface area (Å²) in [7, 11) is 0. The number of carbonyl (C=O) groups is 1. The van der Waals surface area contributed by atoms with Crippen LogP contribution in [0.5, 0.6) is 0 Å². The van der Waals surface area contributed by atoms with Gasteiger partial charge in [0, 0.05) is 17.7 Å². The molecular formula is C11H7BrN2O4. The zero-order valence-corrected chi connectivity index (χ0v) is 10.6. The Kier molecular flexibility index (Phi) is 3.52. The van der Waals surface area contributed by atoms with E-state index in [1.807, 2.05) is 0 Å². The summed E-state index contributed by atoms with van der Waals surface area (Å²) in [6.45, 7) is 0. The summed E-state index contributed by atoms with van der Waals surface area (Å²) in [6.07, 6.45) is 1.41. The van der Waals surface area contributed by atoms with E-state index in [9.17, 15) is 14.9 Å². The minimum Gasteiger partial charge on any atom is -0.434 e. The molecule has 0 saturated carbocycles. The molecule has 2 aromatic rings. The summed E-state index contributed by atoms with van der Waals surface area (Å²) in [4.78, 5) is 25.2. The highest BCUT2D eigenvalue weighted by molar-refractivity contribution is 9.09. The molecule has 0 aliphatic rings. The molecule has 0 amide bonds. The number of ketones is 1. The lowest BCUT2D eigenvalue weighted by Gasteiger charge is -1.95. The molecule has 0 radical (unpaired) electrons. The number of hydrogen-bond acceptors (Lipinski definition) is 5. The fraction of sp³-hybridized carbons (Fsp3) is 0.0909. The highest BCUT2D eigenvalue weighted by Crippen LogP contribution is 2.23. The van der Waals surface area contributed by atoms with Crippen LogP contribution in [0, 0.1) is 10.1 Å². The van der Waals surface area contributed by atoms with Crippen LogP contribution in [-0.4, -0.2) is 21.0 Å². The van der Waals surface area contributed by atoms with Gasteiger partial charge in [0.2, 0.25) is 5.78 Å². The van der Waals surface area contributed by atoms with Crippen LogP contribution in [0.1, 0.15) is 10.7 Å². The van der Waals surface area contributed by atoms with E-state index in [4.69, 9.17) is 4.42 Å². The number of benzene rings is 1. The number of aromatic nitrogens is 1. The molecule has 0 aliphatic carbocycles. The van der Waals surface area contributed by atoms with E-state index < -0.39 is 4.92 Å². The number of rotatable bonds is 4. The molecule has 0 fully saturated rings. The van der Waals surface area contributed by atoms with Crippen LogP contribution in [0.3, 0.4) is 0 Å². The summed E-state index contributed by atoms with van der Waals surface area (Å²) in [5, 5.41) is 10.6. The van der Waals surface area contributed by atoms with Gasteiger partial charge in [-0.05, 0) is 12.1 Å². The molecule has 0 spiro atoms. The zero-order chi connectivity index (χ0) is 13.1. The maximum Gasteiger partial charge on any atom is 0.269 e. The Morgan fingerprint density at radius 3 is 2.61 bits per heavy atom. The average Bonchev–Trinajstić information content (AvgIpc) is 2.87. The van der Waals surface area contributed by atoms with Crippen molar-refractivity contribution in [2.45, 2.75) is 0 Å². The normalized spacial score (nSPS) is 10.3. The van der Waals surface area contributed by atoms with Crippen molar-refractivity contribution in [3.63, 3.8) is 0 Å². The van der Waals surface area contributed by atoms with E-state index in [1.54, 1.807) is 12.1 Å². The van der Waals surface area contributed by atoms with Crippen LogP contribution in [0.2, 0.25) is 0 Å². The van der Waals surface area contributed by atoms with Gasteiger partial charge in [-0.25, -0.2) is 4.98 Å². The van der Waals surface area contributed by atoms with Gasteiger partial charge in [0.25, 0.3) is 11.6 Å². The summed E-state index contributed by atoms with van der Waals surface area (Å²) < 4.78 is 5.26. The van der Waals surface area contributed by atoms with Crippen molar-refractivity contribution in [2.24, 2.45) is 0 Å². The Morgan fingerprint density at radius 1 is 1.39 bits per heavy atom. The fourth-order valence-corrected chi connectivity index (χ4v) is 1.58. The molecule has 7 heteroatoms. The lowest BCUT2D eigenvalue weighted by molar-refractivity contribution is -0.384. The van der Waals surface area contributed by atoms with Crippen LogP contribution >= 0.6 is 15.9 Å². The molecule has 2 rings (SSSR count). The molecule has 18 heavy (non-hydrogen) atoms. The van der Waals surface area contributed by atoms with Gasteiger partial charge in [0.1, 0.15) is 0 Å². The summed E-state index contributed by atoms with van der Waals surface area (Å²) in [5.74, 6) is 0.151. The lowest BCUT2D eigenvalue weighted by Crippen LogP contribution is -1.98. The molecule has 1 aromatic heterocycles. The van der Waals surface area contributed by atoms with Crippen LogP contribution in [0.15, 0.2) is 34.9 Å². The molecule has 0 N–H and O–H groups in total. The molecule has 0 bridgehead atoms. The van der Waals surface area contributed by atoms with Crippen LogP contribution in [-0.2, 0) is 0 Å². The predicted molar refractivity (Wildman–Crippen MR) is 66.7 cm³/mol. The minimum atomic E-state index is -0.482. The molecule has 1 heterocycles. The Bertz CT molecular complexity index is 591. The summed E-state index contributed by atoms with van der Waals surface area (Å²) in [6, 6.07) is 5.82. The molecule has 1 aromatic carbocycles. The van der Waals surface area contributed by atoms with Gasteiger partial charge in [-0.15, -0.1) is 0 Å². The molecule has 0 unspecified atom stereocenters. The highest BCUT2D eigenvalue weighted by atomic mass is 79.9. The van der Waals surface area contributed by atoms with Crippen LogP contribution in [0.25, 0.3) is 11.3 Å². The molecular weight excluding hydrogens is 304 g/mol. The molecule has 0 atom stereocenters. The monoisotopic (exact) mass is 310 g/mol. The van der Waals surface area contributed by atoms with Crippen LogP contribution in [0.4, 0.5) is 5.69 Å². The second kappa shape index (κ2) is 5.09.